The van der Waals surface area contributed by atoms with Crippen molar-refractivity contribution in [2.45, 2.75) is 19.1 Å². The third-order valence-corrected chi connectivity index (χ3v) is 4.33. The van der Waals surface area contributed by atoms with Gasteiger partial charge in [0.2, 0.25) is 0 Å². The molecule has 0 aliphatic carbocycles. The number of aromatic nitrogens is 2. The van der Waals surface area contributed by atoms with Crippen molar-refractivity contribution in [3.05, 3.63) is 63.4 Å². The Balaban J connectivity index is 2.19. The Morgan fingerprint density at radius 2 is 2.05 bits per heavy atom. The summed E-state index contributed by atoms with van der Waals surface area (Å²) < 4.78 is 1.37. The van der Waals surface area contributed by atoms with E-state index in [0.717, 1.165) is 11.1 Å². The molecule has 2 aromatic carbocycles. The maximum Gasteiger partial charge on any atom is 0.264 e. The van der Waals surface area contributed by atoms with Crippen molar-refractivity contribution in [1.29, 1.82) is 0 Å². The molecule has 22 heavy (non-hydrogen) atoms. The number of hydrogen-bond donors (Lipinski definition) is 1. The van der Waals surface area contributed by atoms with Gasteiger partial charge in [-0.2, -0.15) is 0 Å². The Bertz CT molecular complexity index is 976. The summed E-state index contributed by atoms with van der Waals surface area (Å²) in [6, 6.07) is 12.6. The first-order chi connectivity index (χ1) is 10.5. The van der Waals surface area contributed by atoms with Crippen LogP contribution >= 0.6 is 11.6 Å². The molecule has 4 nitrogen and oxygen atoms in total. The second-order valence-electron chi connectivity index (χ2n) is 5.79. The fraction of sp³-hybridized carbons (Fsp3) is 0.176. The number of rotatable bonds is 0. The van der Waals surface area contributed by atoms with Crippen LogP contribution in [0, 0.1) is 0 Å². The summed E-state index contributed by atoms with van der Waals surface area (Å²) in [6.45, 7) is 1.63. The molecule has 0 fully saturated rings. The van der Waals surface area contributed by atoms with Crippen LogP contribution in [0.3, 0.4) is 0 Å². The minimum Gasteiger partial charge on any atom is -0.370 e. The van der Waals surface area contributed by atoms with Crippen molar-refractivity contribution >= 4 is 22.5 Å². The summed E-state index contributed by atoms with van der Waals surface area (Å²) in [5.74, 6) is 0.456. The fourth-order valence-corrected chi connectivity index (χ4v) is 3.28. The van der Waals surface area contributed by atoms with Crippen LogP contribution in [0.4, 0.5) is 0 Å². The van der Waals surface area contributed by atoms with E-state index in [0.29, 0.717) is 28.2 Å². The zero-order valence-electron chi connectivity index (χ0n) is 11.9. The second-order valence-corrected chi connectivity index (χ2v) is 6.22. The first-order valence-corrected chi connectivity index (χ1v) is 7.39. The number of nitrogens with zero attached hydrogens (tertiary/aromatic N) is 2. The number of para-hydroxylation sites is 1. The number of fused-ring (bicyclic) bond motifs is 4. The summed E-state index contributed by atoms with van der Waals surface area (Å²) >= 11 is 6.09. The van der Waals surface area contributed by atoms with Crippen LogP contribution < -0.4 is 5.56 Å². The van der Waals surface area contributed by atoms with E-state index in [1.807, 2.05) is 12.1 Å². The maximum atomic E-state index is 12.8. The third kappa shape index (κ3) is 1.81. The summed E-state index contributed by atoms with van der Waals surface area (Å²) in [5, 5.41) is 11.8. The quantitative estimate of drug-likeness (QED) is 0.694. The molecule has 1 aliphatic rings. The van der Waals surface area contributed by atoms with Gasteiger partial charge in [0, 0.05) is 17.0 Å². The minimum atomic E-state index is -1.32. The molecule has 1 aromatic heterocycles. The molecule has 0 spiro atoms. The average Bonchev–Trinajstić information content (AvgIpc) is 2.48. The van der Waals surface area contributed by atoms with E-state index < -0.39 is 5.72 Å². The van der Waals surface area contributed by atoms with E-state index in [4.69, 9.17) is 11.6 Å². The van der Waals surface area contributed by atoms with Gasteiger partial charge in [-0.05, 0) is 36.8 Å². The van der Waals surface area contributed by atoms with Gasteiger partial charge < -0.3 is 5.11 Å². The zero-order valence-corrected chi connectivity index (χ0v) is 12.6. The van der Waals surface area contributed by atoms with Crippen molar-refractivity contribution < 1.29 is 5.11 Å². The highest BCUT2D eigenvalue weighted by molar-refractivity contribution is 6.30. The van der Waals surface area contributed by atoms with Crippen LogP contribution in [0.25, 0.3) is 22.3 Å². The zero-order chi connectivity index (χ0) is 15.5. The lowest BCUT2D eigenvalue weighted by Gasteiger charge is -2.34. The molecule has 0 saturated heterocycles. The van der Waals surface area contributed by atoms with E-state index in [2.05, 4.69) is 4.98 Å². The van der Waals surface area contributed by atoms with Crippen LogP contribution in [0.5, 0.6) is 0 Å². The van der Waals surface area contributed by atoms with Gasteiger partial charge in [0.1, 0.15) is 11.5 Å². The molecule has 1 atom stereocenters. The monoisotopic (exact) mass is 312 g/mol. The van der Waals surface area contributed by atoms with Gasteiger partial charge in [-0.3, -0.25) is 9.36 Å². The molecule has 4 rings (SSSR count). The van der Waals surface area contributed by atoms with Gasteiger partial charge in [-0.1, -0.05) is 29.8 Å². The topological polar surface area (TPSA) is 55.1 Å². The molecule has 1 N–H and O–H groups in total. The van der Waals surface area contributed by atoms with E-state index in [-0.39, 0.29) is 5.56 Å². The summed E-state index contributed by atoms with van der Waals surface area (Å²) in [4.78, 5) is 17.4. The molecule has 0 radical (unpaired) electrons. The lowest BCUT2D eigenvalue weighted by Crippen LogP contribution is -2.44. The number of aliphatic hydroxyl groups is 1. The SMILES string of the molecule is CC1(O)Cc2ccc(Cl)cc2-c2nc3ccccc3c(=O)n21. The fourth-order valence-electron chi connectivity index (χ4n) is 3.11. The molecule has 110 valence electrons. The molecule has 1 aliphatic heterocycles. The highest BCUT2D eigenvalue weighted by atomic mass is 35.5. The van der Waals surface area contributed by atoms with Crippen molar-refractivity contribution in [3.63, 3.8) is 0 Å². The number of halogens is 1. The standard InChI is InChI=1S/C17H13ClN2O2/c1-17(22)9-10-6-7-11(18)8-13(10)15-19-14-5-3-2-4-12(14)16(21)20(15)17/h2-8,22H,9H2,1H3. The minimum absolute atomic E-state index is 0.240. The number of hydrogen-bond acceptors (Lipinski definition) is 3. The van der Waals surface area contributed by atoms with Gasteiger partial charge in [0.05, 0.1) is 10.9 Å². The van der Waals surface area contributed by atoms with E-state index >= 15 is 0 Å². The van der Waals surface area contributed by atoms with E-state index in [1.165, 1.54) is 4.57 Å². The van der Waals surface area contributed by atoms with Crippen LogP contribution in [-0.2, 0) is 12.1 Å². The normalized spacial score (nSPS) is 19.8. The lowest BCUT2D eigenvalue weighted by molar-refractivity contribution is -0.0225. The Morgan fingerprint density at radius 1 is 1.27 bits per heavy atom. The van der Waals surface area contributed by atoms with Gasteiger partial charge in [-0.15, -0.1) is 0 Å². The van der Waals surface area contributed by atoms with Crippen LogP contribution in [0.1, 0.15) is 12.5 Å². The highest BCUT2D eigenvalue weighted by Crippen LogP contribution is 2.36. The predicted molar refractivity (Wildman–Crippen MR) is 86.0 cm³/mol. The maximum absolute atomic E-state index is 12.8. The molecule has 3 aromatic rings. The second kappa shape index (κ2) is 4.41. The molecule has 0 amide bonds. The van der Waals surface area contributed by atoms with E-state index in [1.54, 1.807) is 37.3 Å². The molecule has 0 bridgehead atoms. The Hall–Kier alpha value is -2.17. The van der Waals surface area contributed by atoms with E-state index in [9.17, 15) is 9.90 Å². The summed E-state index contributed by atoms with van der Waals surface area (Å²) in [5.41, 5.74) is 0.779. The van der Waals surface area contributed by atoms with Crippen LogP contribution in [-0.4, -0.2) is 14.7 Å². The van der Waals surface area contributed by atoms with Crippen molar-refractivity contribution in [2.75, 3.05) is 0 Å². The third-order valence-electron chi connectivity index (χ3n) is 4.10. The first-order valence-electron chi connectivity index (χ1n) is 7.01. The highest BCUT2D eigenvalue weighted by Gasteiger charge is 2.35. The lowest BCUT2D eigenvalue weighted by atomic mass is 9.93. The Morgan fingerprint density at radius 3 is 2.86 bits per heavy atom. The summed E-state index contributed by atoms with van der Waals surface area (Å²) in [6.07, 6.45) is 0.340. The molecule has 0 saturated carbocycles. The number of benzene rings is 2. The molecular weight excluding hydrogens is 300 g/mol. The Kier molecular flexibility index (Phi) is 2.71. The van der Waals surface area contributed by atoms with Crippen LogP contribution in [0.15, 0.2) is 47.3 Å². The molecule has 2 heterocycles. The predicted octanol–water partition coefficient (Wildman–Crippen LogP) is 2.94. The van der Waals surface area contributed by atoms with Crippen molar-refractivity contribution in [1.82, 2.24) is 9.55 Å². The average molecular weight is 313 g/mol. The Labute approximate surface area is 131 Å². The first kappa shape index (κ1) is 13.5. The molecular formula is C17H13ClN2O2. The summed E-state index contributed by atoms with van der Waals surface area (Å²) in [7, 11) is 0. The smallest absolute Gasteiger partial charge is 0.264 e. The molecule has 1 unspecified atom stereocenters. The van der Waals surface area contributed by atoms with Crippen molar-refractivity contribution in [2.24, 2.45) is 0 Å². The van der Waals surface area contributed by atoms with Crippen molar-refractivity contribution in [3.8, 4) is 11.4 Å². The van der Waals surface area contributed by atoms with Gasteiger partial charge >= 0.3 is 0 Å². The largest absolute Gasteiger partial charge is 0.370 e. The van der Waals surface area contributed by atoms with Gasteiger partial charge in [0.15, 0.2) is 0 Å². The molecule has 5 heteroatoms. The van der Waals surface area contributed by atoms with Crippen LogP contribution in [0.2, 0.25) is 5.02 Å². The van der Waals surface area contributed by atoms with Gasteiger partial charge in [0.25, 0.3) is 5.56 Å². The van der Waals surface area contributed by atoms with Gasteiger partial charge in [-0.25, -0.2) is 4.98 Å².